The van der Waals surface area contributed by atoms with E-state index in [2.05, 4.69) is 17.0 Å². The molecule has 1 saturated carbocycles. The van der Waals surface area contributed by atoms with Crippen LogP contribution in [0.5, 0.6) is 0 Å². The van der Waals surface area contributed by atoms with E-state index in [4.69, 9.17) is 79.6 Å². The van der Waals surface area contributed by atoms with Crippen molar-refractivity contribution < 1.29 is 14.4 Å². The summed E-state index contributed by atoms with van der Waals surface area (Å²) in [6.07, 6.45) is 1.15. The van der Waals surface area contributed by atoms with Gasteiger partial charge in [-0.3, -0.25) is 14.5 Å². The fourth-order valence-electron chi connectivity index (χ4n) is 10.7. The summed E-state index contributed by atoms with van der Waals surface area (Å²) in [7, 11) is 3.70. The van der Waals surface area contributed by atoms with Crippen LogP contribution in [0.25, 0.3) is 0 Å². The normalized spacial score (nSPS) is 28.1. The van der Waals surface area contributed by atoms with Crippen molar-refractivity contribution in [3.8, 4) is 0 Å². The molecular weight excluding hydrogens is 843 g/mol. The fraction of sp³-hybridized carbons (Fsp3) is 0.267. The Morgan fingerprint density at radius 2 is 1.35 bits per heavy atom. The average molecular weight is 879 g/mol. The molecule has 5 aromatic carbocycles. The Morgan fingerprint density at radius 3 is 2.02 bits per heavy atom. The molecule has 0 bridgehead atoms. The van der Waals surface area contributed by atoms with Crippen LogP contribution in [0.2, 0.25) is 30.1 Å². The molecule has 3 spiro atoms. The van der Waals surface area contributed by atoms with Crippen LogP contribution >= 0.6 is 69.6 Å². The van der Waals surface area contributed by atoms with Crippen LogP contribution in [0.1, 0.15) is 52.5 Å². The molecule has 4 aliphatic rings. The van der Waals surface area contributed by atoms with Gasteiger partial charge >= 0.3 is 0 Å². The molecule has 5 aromatic rings. The predicted molar refractivity (Wildman–Crippen MR) is 230 cm³/mol. The molecule has 6 unspecified atom stereocenters. The molecule has 9 rings (SSSR count). The zero-order chi connectivity index (χ0) is 40.0. The second kappa shape index (κ2) is 14.3. The van der Waals surface area contributed by atoms with Gasteiger partial charge in [-0.25, -0.2) is 0 Å². The van der Waals surface area contributed by atoms with Gasteiger partial charge in [0.25, 0.3) is 5.91 Å². The van der Waals surface area contributed by atoms with Crippen LogP contribution in [0.4, 0.5) is 5.69 Å². The average Bonchev–Trinajstić information content (AvgIpc) is 3.74. The molecule has 1 saturated heterocycles. The van der Waals surface area contributed by atoms with Gasteiger partial charge in [-0.15, -0.1) is 0 Å². The molecule has 1 amide bonds. The highest BCUT2D eigenvalue weighted by Crippen LogP contribution is 2.71. The monoisotopic (exact) mass is 875 g/mol. The summed E-state index contributed by atoms with van der Waals surface area (Å²) in [4.78, 5) is 43.1. The Hall–Kier alpha value is -3.59. The number of likely N-dealkylation sites (tertiary alicyclic amines) is 1. The summed E-state index contributed by atoms with van der Waals surface area (Å²) in [6.45, 7) is 0.325. The fourth-order valence-corrected chi connectivity index (χ4v) is 12.4. The number of carbonyl (C=O) groups excluding carboxylic acids is 2. The Bertz CT molecular complexity index is 2500. The first-order valence-corrected chi connectivity index (χ1v) is 20.9. The van der Waals surface area contributed by atoms with Crippen molar-refractivity contribution in [2.75, 3.05) is 25.5 Å². The lowest BCUT2D eigenvalue weighted by Crippen LogP contribution is -2.68. The summed E-state index contributed by atoms with van der Waals surface area (Å²) < 4.78 is 0. The van der Waals surface area contributed by atoms with Gasteiger partial charge < -0.3 is 9.74 Å². The number of likely N-dealkylation sites (N-methyl/N-ethyl adjacent to an activating group) is 2. The zero-order valence-electron chi connectivity index (χ0n) is 30.8. The van der Waals surface area contributed by atoms with E-state index >= 15 is 9.59 Å². The van der Waals surface area contributed by atoms with Gasteiger partial charge in [-0.2, -0.15) is 0 Å². The molecule has 3 aliphatic heterocycles. The number of rotatable bonds is 5. The van der Waals surface area contributed by atoms with Crippen molar-refractivity contribution in [2.24, 2.45) is 16.5 Å². The lowest BCUT2D eigenvalue weighted by Gasteiger charge is -2.55. The van der Waals surface area contributed by atoms with Crippen LogP contribution in [-0.4, -0.2) is 48.5 Å². The number of amides is 1. The lowest BCUT2D eigenvalue weighted by atomic mass is 9.47. The molecule has 12 heteroatoms. The molecular formula is C45H35Cl6N3O3. The quantitative estimate of drug-likeness (QED) is 0.176. The molecule has 6 nitrogen and oxygen atoms in total. The lowest BCUT2D eigenvalue weighted by molar-refractivity contribution is -0.177. The van der Waals surface area contributed by atoms with E-state index in [-0.39, 0.29) is 24.0 Å². The van der Waals surface area contributed by atoms with E-state index in [1.807, 2.05) is 55.6 Å². The van der Waals surface area contributed by atoms with Crippen molar-refractivity contribution >= 4 is 92.7 Å². The minimum atomic E-state index is -1.71. The molecule has 0 radical (unpaired) electrons. The predicted octanol–water partition coefficient (Wildman–Crippen LogP) is 11.7. The number of Topliss-reactive ketones (excluding diaryl/α,β-unsaturated/α-hetero) is 1. The Morgan fingerprint density at radius 1 is 0.719 bits per heavy atom. The highest BCUT2D eigenvalue weighted by atomic mass is 35.5. The summed E-state index contributed by atoms with van der Waals surface area (Å²) in [5.41, 5.74) is -0.0638. The number of oxime groups is 1. The number of hydrogen-bond acceptors (Lipinski definition) is 5. The van der Waals surface area contributed by atoms with Gasteiger partial charge in [0.1, 0.15) is 11.3 Å². The number of carbonyl (C=O) groups is 2. The topological polar surface area (TPSA) is 62.2 Å². The van der Waals surface area contributed by atoms with E-state index in [9.17, 15) is 0 Å². The van der Waals surface area contributed by atoms with Gasteiger partial charge in [0.2, 0.25) is 5.60 Å². The SMILES string of the molecule is CN1C(=O)C2(c3ccccc31)N(C)CC(c1ccc(Cl)cc1Cl)C21CC(Cc2ccccc2)CC2(ON=C(c3c(Cl)cccc3Cl)C2c2ccc(Cl)cc2Cl)C1=O. The van der Waals surface area contributed by atoms with E-state index in [0.29, 0.717) is 71.9 Å². The minimum Gasteiger partial charge on any atom is -0.380 e. The van der Waals surface area contributed by atoms with Crippen LogP contribution < -0.4 is 4.90 Å². The van der Waals surface area contributed by atoms with E-state index in [1.54, 1.807) is 60.5 Å². The van der Waals surface area contributed by atoms with Gasteiger partial charge in [0.15, 0.2) is 5.78 Å². The third-order valence-electron chi connectivity index (χ3n) is 12.8. The molecule has 57 heavy (non-hydrogen) atoms. The van der Waals surface area contributed by atoms with Crippen molar-refractivity contribution in [2.45, 2.75) is 42.2 Å². The van der Waals surface area contributed by atoms with Crippen molar-refractivity contribution in [3.05, 3.63) is 167 Å². The second-order valence-corrected chi connectivity index (χ2v) is 18.1. The van der Waals surface area contributed by atoms with Crippen LogP contribution in [0.3, 0.4) is 0 Å². The molecule has 290 valence electrons. The van der Waals surface area contributed by atoms with E-state index in [0.717, 1.165) is 16.8 Å². The molecule has 0 aromatic heterocycles. The zero-order valence-corrected chi connectivity index (χ0v) is 35.3. The number of hydrogen-bond donors (Lipinski definition) is 0. The number of ketones is 1. The number of nitrogens with zero attached hydrogens (tertiary/aromatic N) is 3. The molecule has 3 heterocycles. The summed E-state index contributed by atoms with van der Waals surface area (Å²) in [6, 6.07) is 33.6. The smallest absolute Gasteiger partial charge is 0.253 e. The summed E-state index contributed by atoms with van der Waals surface area (Å²) in [5, 5.41) is 7.06. The third-order valence-corrected chi connectivity index (χ3v) is 14.5. The van der Waals surface area contributed by atoms with Gasteiger partial charge in [0, 0.05) is 62.8 Å². The van der Waals surface area contributed by atoms with Crippen molar-refractivity contribution in [3.63, 3.8) is 0 Å². The second-order valence-electron chi connectivity index (χ2n) is 15.6. The largest absolute Gasteiger partial charge is 0.380 e. The van der Waals surface area contributed by atoms with Gasteiger partial charge in [0.05, 0.1) is 21.4 Å². The maximum atomic E-state index is 17.0. The molecule has 6 atom stereocenters. The third kappa shape index (κ3) is 5.59. The molecule has 1 aliphatic carbocycles. The van der Waals surface area contributed by atoms with Crippen LogP contribution in [-0.2, 0) is 26.4 Å². The maximum Gasteiger partial charge on any atom is 0.253 e. The Labute approximate surface area is 361 Å². The van der Waals surface area contributed by atoms with Crippen LogP contribution in [0, 0.1) is 11.3 Å². The first-order valence-electron chi connectivity index (χ1n) is 18.6. The minimum absolute atomic E-state index is 0.211. The van der Waals surface area contributed by atoms with Gasteiger partial charge in [-0.05, 0) is 85.0 Å². The van der Waals surface area contributed by atoms with E-state index in [1.165, 1.54) is 0 Å². The number of anilines is 1. The maximum absolute atomic E-state index is 17.0. The number of benzene rings is 5. The summed E-state index contributed by atoms with van der Waals surface area (Å²) in [5.74, 6) is -2.24. The summed E-state index contributed by atoms with van der Waals surface area (Å²) >= 11 is 41.2. The Balaban J connectivity index is 1.38. The highest BCUT2D eigenvalue weighted by molar-refractivity contribution is 6.41. The van der Waals surface area contributed by atoms with Gasteiger partial charge in [-0.1, -0.05) is 141 Å². The Kier molecular flexibility index (Phi) is 9.76. The number of para-hydroxylation sites is 1. The first kappa shape index (κ1) is 38.9. The van der Waals surface area contributed by atoms with Crippen LogP contribution in [0.15, 0.2) is 114 Å². The number of halogens is 6. The van der Waals surface area contributed by atoms with Crippen molar-refractivity contribution in [1.82, 2.24) is 4.90 Å². The molecule has 0 N–H and O–H groups in total. The van der Waals surface area contributed by atoms with E-state index < -0.39 is 28.4 Å². The van der Waals surface area contributed by atoms with Crippen molar-refractivity contribution in [1.29, 1.82) is 0 Å². The standard InChI is InChI=1S/C45H35Cl6N3O3/c1-53-24-32(29-17-15-27(46)20-35(29)50)43(45(53)31-11-6-7-14-37(31)54(2)42(45)56)22-26(19-25-9-4-3-5-10-25)23-44(41(43)55)39(30-18-16-28(47)21-36(30)51)40(52-57-44)38-33(48)12-8-13-34(38)49/h3-18,20-21,26,32,39H,19,22-24H2,1-2H3. The number of fused-ring (bicyclic) bond motifs is 3. The highest BCUT2D eigenvalue weighted by Gasteiger charge is 2.80. The first-order chi connectivity index (χ1) is 27.3. The molecule has 2 fully saturated rings.